The molecule has 7 atom stereocenters. The summed E-state index contributed by atoms with van der Waals surface area (Å²) in [7, 11) is 0. The molecule has 3 saturated carbocycles. The third-order valence-corrected chi connectivity index (χ3v) is 11.7. The molecule has 0 radical (unpaired) electrons. The van der Waals surface area contributed by atoms with Gasteiger partial charge in [0.1, 0.15) is 5.82 Å². The lowest BCUT2D eigenvalue weighted by atomic mass is 9.45. The summed E-state index contributed by atoms with van der Waals surface area (Å²) in [6, 6.07) is 8.36. The van der Waals surface area contributed by atoms with Crippen LogP contribution >= 0.6 is 11.8 Å². The number of hydrogen-bond acceptors (Lipinski definition) is 7. The Morgan fingerprint density at radius 1 is 1.27 bits per heavy atom. The van der Waals surface area contributed by atoms with Gasteiger partial charge in [-0.15, -0.1) is 0 Å². The molecule has 2 aromatic rings. The molecule has 216 valence electrons. The van der Waals surface area contributed by atoms with Gasteiger partial charge < -0.3 is 9.84 Å². The van der Waals surface area contributed by atoms with Crippen LogP contribution in [0.2, 0.25) is 0 Å². The minimum Gasteiger partial charge on any atom is -0.449 e. The van der Waals surface area contributed by atoms with E-state index in [1.165, 1.54) is 17.7 Å². The van der Waals surface area contributed by atoms with E-state index in [0.717, 1.165) is 54.4 Å². The number of esters is 1. The van der Waals surface area contributed by atoms with E-state index in [9.17, 15) is 19.1 Å². The van der Waals surface area contributed by atoms with E-state index in [4.69, 9.17) is 10.00 Å². The molecule has 41 heavy (non-hydrogen) atoms. The quantitative estimate of drug-likeness (QED) is 0.459. The van der Waals surface area contributed by atoms with Gasteiger partial charge in [-0.25, -0.2) is 9.07 Å². The molecule has 0 saturated heterocycles. The van der Waals surface area contributed by atoms with Crippen molar-refractivity contribution in [3.05, 3.63) is 53.1 Å². The lowest BCUT2D eigenvalue weighted by Crippen LogP contribution is -2.62. The third kappa shape index (κ3) is 4.12. The second-order valence-electron chi connectivity index (χ2n) is 12.7. The summed E-state index contributed by atoms with van der Waals surface area (Å²) in [6.45, 7) is 6.00. The number of halogens is 1. The van der Waals surface area contributed by atoms with Crippen molar-refractivity contribution in [1.29, 1.82) is 5.26 Å². The van der Waals surface area contributed by atoms with Crippen molar-refractivity contribution in [2.24, 2.45) is 28.6 Å². The largest absolute Gasteiger partial charge is 0.449 e. The van der Waals surface area contributed by atoms with Crippen LogP contribution in [0.4, 0.5) is 4.39 Å². The van der Waals surface area contributed by atoms with Crippen molar-refractivity contribution in [1.82, 2.24) is 9.78 Å². The Morgan fingerprint density at radius 3 is 2.73 bits per heavy atom. The van der Waals surface area contributed by atoms with Gasteiger partial charge in [0.15, 0.2) is 5.60 Å². The number of ether oxygens (including phenoxy) is 1. The van der Waals surface area contributed by atoms with E-state index in [1.54, 1.807) is 19.1 Å². The fourth-order valence-electron chi connectivity index (χ4n) is 8.99. The van der Waals surface area contributed by atoms with Crippen LogP contribution in [0.25, 0.3) is 11.8 Å². The molecule has 7 nitrogen and oxygen atoms in total. The maximum absolute atomic E-state index is 13.7. The van der Waals surface area contributed by atoms with E-state index >= 15 is 0 Å². The lowest BCUT2D eigenvalue weighted by molar-refractivity contribution is -0.196. The molecular weight excluding hydrogens is 541 g/mol. The molecule has 0 spiro atoms. The Morgan fingerprint density at radius 2 is 2.02 bits per heavy atom. The second-order valence-corrected chi connectivity index (χ2v) is 13.6. The van der Waals surface area contributed by atoms with Gasteiger partial charge in [0.25, 0.3) is 0 Å². The van der Waals surface area contributed by atoms with Crippen molar-refractivity contribution in [2.75, 3.05) is 5.75 Å². The predicted molar refractivity (Wildman–Crippen MR) is 153 cm³/mol. The monoisotopic (exact) mass is 577 g/mol. The minimum atomic E-state index is -1.34. The molecule has 0 amide bonds. The van der Waals surface area contributed by atoms with Crippen molar-refractivity contribution in [3.63, 3.8) is 0 Å². The fourth-order valence-corrected chi connectivity index (χ4v) is 9.79. The number of carbonyl (C=O) groups is 2. The molecule has 4 aliphatic carbocycles. The standard InChI is InChI=1S/C32H36FN3O4S/c1-4-27(38)40-32(29(39)41-14-13-34)12-11-24-23-10-5-20-15-25-19(18-35-36(25)22-8-6-21(33)7-9-22)16-30(20,2)28(23)26(37)17-31(24,32)3/h6-9,15,18,23-24,26,28,37H,4-5,10-12,14,16-17H2,1-3H3/t23-,24-,26-,28+,30-,31-,32-/m0/s1. The maximum atomic E-state index is 13.7. The summed E-state index contributed by atoms with van der Waals surface area (Å²) >= 11 is 0.923. The zero-order valence-electron chi connectivity index (χ0n) is 23.7. The Kier molecular flexibility index (Phi) is 6.94. The Labute approximate surface area is 244 Å². The van der Waals surface area contributed by atoms with E-state index < -0.39 is 23.1 Å². The third-order valence-electron chi connectivity index (χ3n) is 10.8. The highest BCUT2D eigenvalue weighted by molar-refractivity contribution is 8.14. The van der Waals surface area contributed by atoms with Crippen LogP contribution in [-0.2, 0) is 20.7 Å². The SMILES string of the molecule is CCC(=O)O[C@]1(C(=O)SCC#N)CC[C@H]2[C@@H]3CCC4=Cc5c(cnn5-c5ccc(F)cc5)C[C@]4(C)[C@H]3[C@@H](O)C[C@@]21C. The highest BCUT2D eigenvalue weighted by Crippen LogP contribution is 2.68. The van der Waals surface area contributed by atoms with E-state index in [-0.39, 0.29) is 46.3 Å². The number of aliphatic hydroxyl groups is 1. The van der Waals surface area contributed by atoms with E-state index in [1.807, 2.05) is 23.9 Å². The molecule has 1 aromatic carbocycles. The zero-order valence-corrected chi connectivity index (χ0v) is 24.5. The second kappa shape index (κ2) is 10.1. The van der Waals surface area contributed by atoms with Crippen molar-refractivity contribution >= 4 is 28.9 Å². The molecule has 0 bridgehead atoms. The maximum Gasteiger partial charge on any atom is 0.306 e. The number of nitrogens with zero attached hydrogens (tertiary/aromatic N) is 3. The Bertz CT molecular complexity index is 1460. The molecule has 1 heterocycles. The van der Waals surface area contributed by atoms with Gasteiger partial charge in [0.05, 0.1) is 35.5 Å². The molecular formula is C32H36FN3O4S. The highest BCUT2D eigenvalue weighted by atomic mass is 32.2. The number of carbonyl (C=O) groups excluding carboxylic acids is 2. The summed E-state index contributed by atoms with van der Waals surface area (Å²) in [5, 5.41) is 25.5. The van der Waals surface area contributed by atoms with Gasteiger partial charge in [0.2, 0.25) is 5.12 Å². The van der Waals surface area contributed by atoms with Gasteiger partial charge in [0, 0.05) is 11.8 Å². The summed E-state index contributed by atoms with van der Waals surface area (Å²) in [4.78, 5) is 26.3. The average Bonchev–Trinajstić information content (AvgIpc) is 3.48. The average molecular weight is 578 g/mol. The molecule has 6 rings (SSSR count). The minimum absolute atomic E-state index is 0.000222. The molecule has 9 heteroatoms. The summed E-state index contributed by atoms with van der Waals surface area (Å²) in [5.41, 5.74) is 1.86. The first-order valence-electron chi connectivity index (χ1n) is 14.6. The molecule has 3 fully saturated rings. The van der Waals surface area contributed by atoms with Crippen LogP contribution in [0.5, 0.6) is 0 Å². The Balaban J connectivity index is 1.35. The van der Waals surface area contributed by atoms with Crippen LogP contribution in [-0.4, -0.2) is 43.4 Å². The zero-order chi connectivity index (χ0) is 29.2. The first kappa shape index (κ1) is 28.2. The smallest absolute Gasteiger partial charge is 0.306 e. The summed E-state index contributed by atoms with van der Waals surface area (Å²) in [5.74, 6) is -0.456. The molecule has 0 aliphatic heterocycles. The number of benzene rings is 1. The van der Waals surface area contributed by atoms with Gasteiger partial charge >= 0.3 is 5.97 Å². The van der Waals surface area contributed by atoms with Crippen molar-refractivity contribution in [3.8, 4) is 11.8 Å². The predicted octanol–water partition coefficient (Wildman–Crippen LogP) is 5.64. The Hall–Kier alpha value is -2.96. The van der Waals surface area contributed by atoms with E-state index in [0.29, 0.717) is 12.8 Å². The van der Waals surface area contributed by atoms with E-state index in [2.05, 4.69) is 18.1 Å². The molecule has 1 N–H and O–H groups in total. The first-order chi connectivity index (χ1) is 19.6. The van der Waals surface area contributed by atoms with Crippen LogP contribution in [0.1, 0.15) is 70.6 Å². The van der Waals surface area contributed by atoms with Gasteiger partial charge in [-0.3, -0.25) is 9.59 Å². The van der Waals surface area contributed by atoms with Crippen molar-refractivity contribution < 1.29 is 23.8 Å². The van der Waals surface area contributed by atoms with Crippen molar-refractivity contribution in [2.45, 2.75) is 77.4 Å². The number of fused-ring (bicyclic) bond motifs is 6. The number of rotatable bonds is 5. The van der Waals surface area contributed by atoms with Crippen LogP contribution in [0, 0.1) is 45.7 Å². The number of aliphatic hydroxyl groups excluding tert-OH is 1. The van der Waals surface area contributed by atoms with Crippen LogP contribution in [0.3, 0.4) is 0 Å². The fraction of sp³-hybridized carbons (Fsp3) is 0.562. The summed E-state index contributed by atoms with van der Waals surface area (Å²) in [6.07, 6.45) is 7.58. The first-order valence-corrected chi connectivity index (χ1v) is 15.5. The summed E-state index contributed by atoms with van der Waals surface area (Å²) < 4.78 is 21.5. The number of aromatic nitrogens is 2. The molecule has 1 aromatic heterocycles. The normalized spacial score (nSPS) is 35.3. The molecule has 0 unspecified atom stereocenters. The highest BCUT2D eigenvalue weighted by Gasteiger charge is 2.70. The topological polar surface area (TPSA) is 105 Å². The number of hydrogen-bond donors (Lipinski definition) is 1. The van der Waals surface area contributed by atoms with Gasteiger partial charge in [-0.05, 0) is 97.6 Å². The molecule has 4 aliphatic rings. The van der Waals surface area contributed by atoms with Gasteiger partial charge in [-0.2, -0.15) is 10.4 Å². The number of nitriles is 1. The van der Waals surface area contributed by atoms with Crippen LogP contribution < -0.4 is 0 Å². The lowest BCUT2D eigenvalue weighted by Gasteiger charge is -2.60. The van der Waals surface area contributed by atoms with Crippen LogP contribution in [0.15, 0.2) is 36.0 Å². The number of allylic oxidation sites excluding steroid dienone is 1. The number of thioether (sulfide) groups is 1. The van der Waals surface area contributed by atoms with Gasteiger partial charge in [-0.1, -0.05) is 38.1 Å².